The second-order valence-electron chi connectivity index (χ2n) is 6.40. The van der Waals surface area contributed by atoms with Crippen molar-refractivity contribution in [3.05, 3.63) is 33.4 Å². The second-order valence-corrected chi connectivity index (χ2v) is 7.64. The number of nitrogens with zero attached hydrogens (tertiary/aromatic N) is 3. The number of likely N-dealkylation sites (N-methyl/N-ethyl adjacent to an activating group) is 1. The fourth-order valence-electron chi connectivity index (χ4n) is 3.53. The number of benzene rings is 1. The highest BCUT2D eigenvalue weighted by atomic mass is 127. The van der Waals surface area contributed by atoms with E-state index in [-0.39, 0.29) is 5.91 Å². The van der Waals surface area contributed by atoms with Gasteiger partial charge in [-0.25, -0.2) is 0 Å². The van der Waals surface area contributed by atoms with Crippen LogP contribution in [0.5, 0.6) is 0 Å². The van der Waals surface area contributed by atoms with Gasteiger partial charge in [-0.2, -0.15) is 0 Å². The molecule has 0 N–H and O–H groups in total. The fourth-order valence-corrected chi connectivity index (χ4v) is 4.07. The summed E-state index contributed by atoms with van der Waals surface area (Å²) < 4.78 is 1.12. The van der Waals surface area contributed by atoms with E-state index in [1.54, 1.807) is 0 Å². The Labute approximate surface area is 146 Å². The summed E-state index contributed by atoms with van der Waals surface area (Å²) in [5.74, 6) is 0.180. The normalized spacial score (nSPS) is 24.5. The summed E-state index contributed by atoms with van der Waals surface area (Å²) in [4.78, 5) is 19.6. The molecule has 0 radical (unpaired) electrons. The lowest BCUT2D eigenvalue weighted by atomic mass is 10.0. The average Bonchev–Trinajstić information content (AvgIpc) is 2.54. The SMILES string of the molecule is CN1CCCC(N2CCN(C(=O)c3cccc(I)c3)CC2)C1. The zero-order chi connectivity index (χ0) is 15.5. The maximum Gasteiger partial charge on any atom is 0.253 e. The van der Waals surface area contributed by atoms with Gasteiger partial charge >= 0.3 is 0 Å². The molecule has 1 aromatic rings. The number of halogens is 1. The minimum absolute atomic E-state index is 0.180. The highest BCUT2D eigenvalue weighted by Crippen LogP contribution is 2.18. The molecule has 0 aromatic heterocycles. The molecule has 1 aromatic carbocycles. The first-order valence-electron chi connectivity index (χ1n) is 8.11. The summed E-state index contributed by atoms with van der Waals surface area (Å²) in [5.41, 5.74) is 0.817. The van der Waals surface area contributed by atoms with Gasteiger partial charge in [0.2, 0.25) is 0 Å². The summed E-state index contributed by atoms with van der Waals surface area (Å²) in [7, 11) is 2.21. The third kappa shape index (κ3) is 3.81. The lowest BCUT2D eigenvalue weighted by Gasteiger charge is -2.42. The molecular formula is C17H24IN3O. The van der Waals surface area contributed by atoms with Crippen molar-refractivity contribution in [1.82, 2.24) is 14.7 Å². The van der Waals surface area contributed by atoms with Gasteiger partial charge in [-0.1, -0.05) is 6.07 Å². The van der Waals surface area contributed by atoms with Crippen LogP contribution in [0, 0.1) is 3.57 Å². The van der Waals surface area contributed by atoms with Gasteiger partial charge in [-0.05, 0) is 67.2 Å². The Balaban J connectivity index is 1.56. The van der Waals surface area contributed by atoms with Gasteiger partial charge in [0.05, 0.1) is 0 Å². The minimum atomic E-state index is 0.180. The Hall–Kier alpha value is -0.660. The van der Waals surface area contributed by atoms with E-state index >= 15 is 0 Å². The Kier molecular flexibility index (Phi) is 5.36. The third-order valence-electron chi connectivity index (χ3n) is 4.79. The molecule has 0 bridgehead atoms. The van der Waals surface area contributed by atoms with Gasteiger partial charge in [0.15, 0.2) is 0 Å². The Bertz CT molecular complexity index is 528. The van der Waals surface area contributed by atoms with Crippen molar-refractivity contribution in [2.75, 3.05) is 46.3 Å². The van der Waals surface area contributed by atoms with E-state index < -0.39 is 0 Å². The number of hydrogen-bond donors (Lipinski definition) is 0. The predicted octanol–water partition coefficient (Wildman–Crippen LogP) is 2.14. The molecular weight excluding hydrogens is 389 g/mol. The van der Waals surface area contributed by atoms with Crippen LogP contribution in [0.3, 0.4) is 0 Å². The van der Waals surface area contributed by atoms with Crippen molar-refractivity contribution in [2.45, 2.75) is 18.9 Å². The molecule has 2 fully saturated rings. The summed E-state index contributed by atoms with van der Waals surface area (Å²) >= 11 is 2.26. The topological polar surface area (TPSA) is 26.8 Å². The van der Waals surface area contributed by atoms with E-state index in [0.717, 1.165) is 35.3 Å². The molecule has 120 valence electrons. The number of likely N-dealkylation sites (tertiary alicyclic amines) is 1. The molecule has 0 aliphatic carbocycles. The Morgan fingerprint density at radius 3 is 2.64 bits per heavy atom. The zero-order valence-corrected chi connectivity index (χ0v) is 15.3. The number of carbonyl (C=O) groups is 1. The molecule has 2 aliphatic heterocycles. The molecule has 0 saturated carbocycles. The average molecular weight is 413 g/mol. The van der Waals surface area contributed by atoms with Crippen molar-refractivity contribution in [1.29, 1.82) is 0 Å². The van der Waals surface area contributed by atoms with Crippen molar-refractivity contribution >= 4 is 28.5 Å². The Morgan fingerprint density at radius 1 is 1.18 bits per heavy atom. The van der Waals surface area contributed by atoms with Crippen LogP contribution in [0.25, 0.3) is 0 Å². The molecule has 4 nitrogen and oxygen atoms in total. The second kappa shape index (κ2) is 7.27. The van der Waals surface area contributed by atoms with Gasteiger partial charge < -0.3 is 9.80 Å². The van der Waals surface area contributed by atoms with E-state index in [1.165, 1.54) is 25.9 Å². The van der Waals surface area contributed by atoms with E-state index in [9.17, 15) is 4.79 Å². The van der Waals surface area contributed by atoms with E-state index in [4.69, 9.17) is 0 Å². The van der Waals surface area contributed by atoms with E-state index in [2.05, 4.69) is 39.4 Å². The molecule has 0 spiro atoms. The van der Waals surface area contributed by atoms with Crippen molar-refractivity contribution in [3.8, 4) is 0 Å². The fraction of sp³-hybridized carbons (Fsp3) is 0.588. The number of piperazine rings is 1. The molecule has 2 heterocycles. The van der Waals surface area contributed by atoms with Crippen LogP contribution in [-0.2, 0) is 0 Å². The van der Waals surface area contributed by atoms with Crippen molar-refractivity contribution in [2.24, 2.45) is 0 Å². The lowest BCUT2D eigenvalue weighted by molar-refractivity contribution is 0.0452. The van der Waals surface area contributed by atoms with Gasteiger partial charge in [0.25, 0.3) is 5.91 Å². The van der Waals surface area contributed by atoms with Crippen molar-refractivity contribution in [3.63, 3.8) is 0 Å². The molecule has 3 rings (SSSR count). The molecule has 2 aliphatic rings. The van der Waals surface area contributed by atoms with Crippen LogP contribution in [0.2, 0.25) is 0 Å². The van der Waals surface area contributed by atoms with Crippen LogP contribution in [0.15, 0.2) is 24.3 Å². The highest BCUT2D eigenvalue weighted by Gasteiger charge is 2.28. The van der Waals surface area contributed by atoms with Gasteiger partial charge in [0.1, 0.15) is 0 Å². The number of hydrogen-bond acceptors (Lipinski definition) is 3. The molecule has 22 heavy (non-hydrogen) atoms. The van der Waals surface area contributed by atoms with Crippen molar-refractivity contribution < 1.29 is 4.79 Å². The van der Waals surface area contributed by atoms with Crippen LogP contribution >= 0.6 is 22.6 Å². The quantitative estimate of drug-likeness (QED) is 0.696. The van der Waals surface area contributed by atoms with Gasteiger partial charge in [-0.3, -0.25) is 9.69 Å². The molecule has 5 heteroatoms. The van der Waals surface area contributed by atoms with Crippen LogP contribution in [0.1, 0.15) is 23.2 Å². The molecule has 2 saturated heterocycles. The monoisotopic (exact) mass is 413 g/mol. The zero-order valence-electron chi connectivity index (χ0n) is 13.2. The smallest absolute Gasteiger partial charge is 0.253 e. The third-order valence-corrected chi connectivity index (χ3v) is 5.46. The summed E-state index contributed by atoms with van der Waals surface area (Å²) in [6, 6.07) is 8.56. The van der Waals surface area contributed by atoms with Gasteiger partial charge in [0, 0.05) is 47.9 Å². The minimum Gasteiger partial charge on any atom is -0.336 e. The number of amides is 1. The lowest BCUT2D eigenvalue weighted by Crippen LogP contribution is -2.55. The first-order chi connectivity index (χ1) is 10.6. The highest BCUT2D eigenvalue weighted by molar-refractivity contribution is 14.1. The predicted molar refractivity (Wildman–Crippen MR) is 97.2 cm³/mol. The van der Waals surface area contributed by atoms with Crippen LogP contribution in [0.4, 0.5) is 0 Å². The number of rotatable bonds is 2. The van der Waals surface area contributed by atoms with E-state index in [0.29, 0.717) is 6.04 Å². The van der Waals surface area contributed by atoms with E-state index in [1.807, 2.05) is 29.2 Å². The maximum atomic E-state index is 12.6. The first-order valence-corrected chi connectivity index (χ1v) is 9.19. The largest absolute Gasteiger partial charge is 0.336 e. The van der Waals surface area contributed by atoms with Gasteiger partial charge in [-0.15, -0.1) is 0 Å². The summed E-state index contributed by atoms with van der Waals surface area (Å²) in [5, 5.41) is 0. The maximum absolute atomic E-state index is 12.6. The first kappa shape index (κ1) is 16.2. The molecule has 1 atom stereocenters. The summed E-state index contributed by atoms with van der Waals surface area (Å²) in [6.45, 7) is 6.11. The summed E-state index contributed by atoms with van der Waals surface area (Å²) in [6.07, 6.45) is 2.60. The molecule has 1 unspecified atom stereocenters. The van der Waals surface area contributed by atoms with Crippen LogP contribution in [-0.4, -0.2) is 73.0 Å². The molecule has 1 amide bonds. The number of carbonyl (C=O) groups excluding carboxylic acids is 1. The Morgan fingerprint density at radius 2 is 1.95 bits per heavy atom. The standard InChI is InChI=1S/C17H24IN3O/c1-19-7-3-6-16(13-19)20-8-10-21(11-9-20)17(22)14-4-2-5-15(18)12-14/h2,4-5,12,16H,3,6-11,13H2,1H3. The number of piperidine rings is 1. The van der Waals surface area contributed by atoms with Crippen LogP contribution < -0.4 is 0 Å².